The van der Waals surface area contributed by atoms with Crippen molar-refractivity contribution in [2.24, 2.45) is 0 Å². The van der Waals surface area contributed by atoms with Crippen LogP contribution in [0.15, 0.2) is 0 Å². The van der Waals surface area contributed by atoms with Crippen molar-refractivity contribution in [3.8, 4) is 0 Å². The Balaban J connectivity index is 0.000000284. The second-order valence-electron chi connectivity index (χ2n) is 4.75. The van der Waals surface area contributed by atoms with Crippen molar-refractivity contribution in [3.63, 3.8) is 0 Å². The van der Waals surface area contributed by atoms with Crippen LogP contribution >= 0.6 is 0 Å². The molecule has 0 amide bonds. The minimum Gasteiger partial charge on any atom is -0.0858 e. The second-order valence-corrected chi connectivity index (χ2v) is 4.75. The first-order valence-corrected chi connectivity index (χ1v) is 6.04. The monoisotopic (exact) mass is 266 g/mol. The molecule has 2 aliphatic rings. The van der Waals surface area contributed by atoms with E-state index in [1.165, 1.54) is 11.6 Å². The van der Waals surface area contributed by atoms with E-state index >= 15 is 0 Å². The van der Waals surface area contributed by atoms with Gasteiger partial charge in [0.1, 0.15) is 13.4 Å². The van der Waals surface area contributed by atoms with Crippen molar-refractivity contribution < 1.29 is 17.1 Å². The molecule has 10 radical (unpaired) electrons. The fourth-order valence-electron chi connectivity index (χ4n) is 1.55. The molecule has 0 N–H and O–H groups in total. The van der Waals surface area contributed by atoms with Crippen molar-refractivity contribution >= 4 is 13.4 Å². The van der Waals surface area contributed by atoms with Gasteiger partial charge >= 0.3 is 0 Å². The zero-order valence-electron chi connectivity index (χ0n) is 11.1. The molecule has 0 aromatic rings. The predicted octanol–water partition coefficient (Wildman–Crippen LogP) is 3.37. The van der Waals surface area contributed by atoms with Crippen LogP contribution in [0.25, 0.3) is 0 Å². The summed E-state index contributed by atoms with van der Waals surface area (Å²) in [5.41, 5.74) is 0. The van der Waals surface area contributed by atoms with Gasteiger partial charge in [0, 0.05) is 17.1 Å². The molecular weight excluding hydrogens is 246 g/mol. The Hall–Kier alpha value is 0.649. The van der Waals surface area contributed by atoms with E-state index in [-0.39, 0.29) is 17.1 Å². The molecule has 90 valence electrons. The van der Waals surface area contributed by atoms with Crippen LogP contribution in [-0.2, 0) is 17.1 Å². The van der Waals surface area contributed by atoms with Crippen LogP contribution in [-0.4, -0.2) is 13.4 Å². The molecule has 0 spiro atoms. The maximum absolute atomic E-state index is 2.20. The van der Waals surface area contributed by atoms with Gasteiger partial charge in [0.05, 0.1) is 0 Å². The van der Waals surface area contributed by atoms with Gasteiger partial charge in [-0.1, -0.05) is 27.3 Å². The molecule has 17 heavy (non-hydrogen) atoms. The van der Waals surface area contributed by atoms with E-state index in [0.29, 0.717) is 13.4 Å². The fourth-order valence-corrected chi connectivity index (χ4v) is 1.55. The summed E-state index contributed by atoms with van der Waals surface area (Å²) in [5.74, 6) is 2.87. The van der Waals surface area contributed by atoms with E-state index in [2.05, 4.69) is 78.7 Å². The Morgan fingerprint density at radius 2 is 0.824 bits per heavy atom. The molecule has 0 nitrogen and oxygen atoms in total. The fraction of sp³-hybridized carbons (Fsp3) is 0.286. The molecule has 2 aliphatic carbocycles. The Bertz CT molecular complexity index is 151. The minimum absolute atomic E-state index is 0. The van der Waals surface area contributed by atoms with Gasteiger partial charge in [-0.15, -0.1) is 0 Å². The molecule has 2 rings (SSSR count). The molecule has 0 aliphatic heterocycles. The van der Waals surface area contributed by atoms with E-state index < -0.39 is 0 Å². The van der Waals surface area contributed by atoms with Crippen LogP contribution in [0.1, 0.15) is 0 Å². The Labute approximate surface area is 121 Å². The summed E-state index contributed by atoms with van der Waals surface area (Å²) in [6, 6.07) is 0. The zero-order chi connectivity index (χ0) is 12.0. The summed E-state index contributed by atoms with van der Waals surface area (Å²) in [7, 11) is 0. The van der Waals surface area contributed by atoms with Crippen molar-refractivity contribution in [2.45, 2.75) is 27.3 Å². The molecule has 0 bridgehead atoms. The first-order valence-electron chi connectivity index (χ1n) is 6.04. The van der Waals surface area contributed by atoms with Gasteiger partial charge in [-0.3, -0.25) is 0 Å². The van der Waals surface area contributed by atoms with Gasteiger partial charge in [-0.25, -0.2) is 0 Å². The van der Waals surface area contributed by atoms with Crippen molar-refractivity contribution in [2.75, 3.05) is 0 Å². The zero-order valence-corrected chi connectivity index (χ0v) is 12.2. The predicted molar refractivity (Wildman–Crippen MR) is 75.9 cm³/mol. The van der Waals surface area contributed by atoms with Crippen LogP contribution in [0.2, 0.25) is 27.3 Å². The van der Waals surface area contributed by atoms with E-state index in [1.807, 2.05) is 0 Å². The van der Waals surface area contributed by atoms with Gasteiger partial charge in [-0.05, 0) is 63.0 Å². The van der Waals surface area contributed by atoms with Gasteiger partial charge in [0.15, 0.2) is 0 Å². The van der Waals surface area contributed by atoms with E-state index in [4.69, 9.17) is 0 Å². The van der Waals surface area contributed by atoms with Gasteiger partial charge in [0.25, 0.3) is 0 Å². The quantitative estimate of drug-likeness (QED) is 0.672. The molecule has 0 aromatic carbocycles. The standard InChI is InChI=1S/2C7H10B.Fe/c2*1-8(2)7-5-3-4-6-7;/h2*3-6H,1-2H3;. The maximum atomic E-state index is 2.20. The maximum Gasteiger partial charge on any atom is 0.140 e. The summed E-state index contributed by atoms with van der Waals surface area (Å²) < 4.78 is 0. The molecule has 2 fully saturated rings. The Kier molecular flexibility index (Phi) is 9.93. The summed E-state index contributed by atoms with van der Waals surface area (Å²) in [6.45, 7) is 10.2. The normalized spacial score (nSPS) is 20.5. The van der Waals surface area contributed by atoms with Crippen LogP contribution in [0.3, 0.4) is 0 Å². The summed E-state index contributed by atoms with van der Waals surface area (Å²) >= 11 is 0. The van der Waals surface area contributed by atoms with Crippen molar-refractivity contribution in [1.82, 2.24) is 0 Å². The van der Waals surface area contributed by atoms with Gasteiger partial charge in [-0.2, -0.15) is 0 Å². The van der Waals surface area contributed by atoms with Crippen LogP contribution < -0.4 is 0 Å². The summed E-state index contributed by atoms with van der Waals surface area (Å²) in [4.78, 5) is 0. The molecule has 0 unspecified atom stereocenters. The average molecular weight is 266 g/mol. The SMILES string of the molecule is CB(C)[C]1[CH][CH][CH][CH]1.CB(C)[C]1[CH][CH][CH][CH]1.[Fe]. The van der Waals surface area contributed by atoms with E-state index in [1.54, 1.807) is 0 Å². The van der Waals surface area contributed by atoms with Crippen LogP contribution in [0.4, 0.5) is 0 Å². The Morgan fingerprint density at radius 3 is 0.941 bits per heavy atom. The molecule has 0 atom stereocenters. The molecular formula is C14H20B2Fe. The first-order chi connectivity index (χ1) is 7.61. The molecule has 0 heterocycles. The van der Waals surface area contributed by atoms with E-state index in [9.17, 15) is 0 Å². The third-order valence-electron chi connectivity index (χ3n) is 2.71. The second kappa shape index (κ2) is 9.56. The molecule has 0 saturated heterocycles. The third-order valence-corrected chi connectivity index (χ3v) is 2.71. The van der Waals surface area contributed by atoms with Gasteiger partial charge in [0.2, 0.25) is 0 Å². The topological polar surface area (TPSA) is 0 Å². The summed E-state index contributed by atoms with van der Waals surface area (Å²) in [6.07, 6.45) is 16.9. The van der Waals surface area contributed by atoms with E-state index in [0.717, 1.165) is 0 Å². The van der Waals surface area contributed by atoms with Crippen molar-refractivity contribution in [3.05, 3.63) is 63.0 Å². The Morgan fingerprint density at radius 1 is 0.588 bits per heavy atom. The van der Waals surface area contributed by atoms with Crippen LogP contribution in [0.5, 0.6) is 0 Å². The largest absolute Gasteiger partial charge is 0.140 e. The third kappa shape index (κ3) is 6.97. The van der Waals surface area contributed by atoms with Crippen molar-refractivity contribution in [1.29, 1.82) is 0 Å². The smallest absolute Gasteiger partial charge is 0.0858 e. The number of hydrogen-bond donors (Lipinski definition) is 0. The molecule has 0 aromatic heterocycles. The number of rotatable bonds is 2. The minimum atomic E-state index is 0. The molecule has 3 heteroatoms. The molecule has 2 saturated carbocycles. The first kappa shape index (κ1) is 17.6. The summed E-state index contributed by atoms with van der Waals surface area (Å²) in [5, 5.41) is 0. The van der Waals surface area contributed by atoms with Gasteiger partial charge < -0.3 is 0 Å². The van der Waals surface area contributed by atoms with Crippen LogP contribution in [0, 0.1) is 63.0 Å². The number of hydrogen-bond acceptors (Lipinski definition) is 0. The average Bonchev–Trinajstić information content (AvgIpc) is 2.93.